The summed E-state index contributed by atoms with van der Waals surface area (Å²) in [5.41, 5.74) is 1.05. The summed E-state index contributed by atoms with van der Waals surface area (Å²) < 4.78 is 27.7. The van der Waals surface area contributed by atoms with Crippen LogP contribution in [0, 0.1) is 5.92 Å². The second kappa shape index (κ2) is 8.27. The first kappa shape index (κ1) is 18.6. The van der Waals surface area contributed by atoms with Gasteiger partial charge in [-0.15, -0.1) is 0 Å². The van der Waals surface area contributed by atoms with E-state index in [9.17, 15) is 8.42 Å². The summed E-state index contributed by atoms with van der Waals surface area (Å²) in [4.78, 5) is 0.340. The van der Waals surface area contributed by atoms with E-state index in [2.05, 4.69) is 35.1 Å². The maximum Gasteiger partial charge on any atom is 0.244 e. The van der Waals surface area contributed by atoms with Gasteiger partial charge in [-0.25, -0.2) is 8.42 Å². The molecule has 0 aliphatic heterocycles. The smallest absolute Gasteiger partial charge is 0.244 e. The van der Waals surface area contributed by atoms with E-state index in [0.717, 1.165) is 12.0 Å². The normalized spacial score (nSPS) is 13.6. The SMILES string of the molecule is CCC(C)CN(CC)S(=O)(=O)c1ccc(CNC)cc1Br. The predicted octanol–water partition coefficient (Wildman–Crippen LogP) is 3.23. The molecular formula is C15H25BrN2O2S. The Morgan fingerprint density at radius 1 is 1.33 bits per heavy atom. The van der Waals surface area contributed by atoms with Crippen molar-refractivity contribution in [2.45, 2.75) is 38.6 Å². The molecule has 1 rings (SSSR count). The third-order valence-electron chi connectivity index (χ3n) is 3.56. The average Bonchev–Trinajstić information content (AvgIpc) is 2.44. The molecule has 0 heterocycles. The summed E-state index contributed by atoms with van der Waals surface area (Å²) in [6.07, 6.45) is 0.967. The van der Waals surface area contributed by atoms with Gasteiger partial charge in [-0.3, -0.25) is 0 Å². The van der Waals surface area contributed by atoms with Gasteiger partial charge < -0.3 is 5.32 Å². The van der Waals surface area contributed by atoms with Crippen molar-refractivity contribution in [3.8, 4) is 0 Å². The molecule has 0 aromatic heterocycles. The lowest BCUT2D eigenvalue weighted by atomic mass is 10.1. The quantitative estimate of drug-likeness (QED) is 0.757. The molecule has 0 aliphatic rings. The first-order valence-corrected chi connectivity index (χ1v) is 9.53. The fourth-order valence-corrected chi connectivity index (χ4v) is 4.73. The second-order valence-electron chi connectivity index (χ2n) is 5.26. The number of hydrogen-bond donors (Lipinski definition) is 1. The average molecular weight is 377 g/mol. The second-order valence-corrected chi connectivity index (χ2v) is 8.02. The van der Waals surface area contributed by atoms with Crippen LogP contribution in [0.3, 0.4) is 0 Å². The molecule has 21 heavy (non-hydrogen) atoms. The van der Waals surface area contributed by atoms with E-state index in [0.29, 0.717) is 34.9 Å². The van der Waals surface area contributed by atoms with Crippen LogP contribution >= 0.6 is 15.9 Å². The minimum absolute atomic E-state index is 0.340. The third kappa shape index (κ3) is 4.77. The molecule has 0 saturated heterocycles. The lowest BCUT2D eigenvalue weighted by Crippen LogP contribution is -2.34. The first-order chi connectivity index (χ1) is 9.86. The molecule has 1 aromatic rings. The maximum absolute atomic E-state index is 12.8. The van der Waals surface area contributed by atoms with E-state index in [1.165, 1.54) is 0 Å². The van der Waals surface area contributed by atoms with Crippen LogP contribution in [-0.2, 0) is 16.6 Å². The van der Waals surface area contributed by atoms with Crippen molar-refractivity contribution in [1.82, 2.24) is 9.62 Å². The highest BCUT2D eigenvalue weighted by molar-refractivity contribution is 9.10. The summed E-state index contributed by atoms with van der Waals surface area (Å²) >= 11 is 3.40. The van der Waals surface area contributed by atoms with E-state index in [-0.39, 0.29) is 0 Å². The van der Waals surface area contributed by atoms with Crippen molar-refractivity contribution in [3.05, 3.63) is 28.2 Å². The zero-order valence-corrected chi connectivity index (χ0v) is 15.6. The zero-order chi connectivity index (χ0) is 16.0. The number of benzene rings is 1. The molecule has 1 N–H and O–H groups in total. The Hall–Kier alpha value is -0.430. The molecular weight excluding hydrogens is 352 g/mol. The van der Waals surface area contributed by atoms with E-state index < -0.39 is 10.0 Å². The highest BCUT2D eigenvalue weighted by Crippen LogP contribution is 2.27. The van der Waals surface area contributed by atoms with Crippen LogP contribution < -0.4 is 5.32 Å². The van der Waals surface area contributed by atoms with Gasteiger partial charge in [0.2, 0.25) is 10.0 Å². The number of hydrogen-bond acceptors (Lipinski definition) is 3. The Morgan fingerprint density at radius 3 is 2.48 bits per heavy atom. The molecule has 1 atom stereocenters. The highest BCUT2D eigenvalue weighted by Gasteiger charge is 2.26. The standard InChI is InChI=1S/C15H25BrN2O2S/c1-5-12(3)11-18(6-2)21(19,20)15-8-7-13(10-17-4)9-14(15)16/h7-9,12,17H,5-6,10-11H2,1-4H3. The highest BCUT2D eigenvalue weighted by atomic mass is 79.9. The van der Waals surface area contributed by atoms with Gasteiger partial charge >= 0.3 is 0 Å². The predicted molar refractivity (Wildman–Crippen MR) is 90.8 cm³/mol. The minimum Gasteiger partial charge on any atom is -0.316 e. The molecule has 0 saturated carbocycles. The van der Waals surface area contributed by atoms with E-state index >= 15 is 0 Å². The number of halogens is 1. The minimum atomic E-state index is -3.45. The van der Waals surface area contributed by atoms with Gasteiger partial charge in [-0.2, -0.15) is 4.31 Å². The van der Waals surface area contributed by atoms with Crippen molar-refractivity contribution in [2.24, 2.45) is 5.92 Å². The van der Waals surface area contributed by atoms with Crippen LogP contribution in [-0.4, -0.2) is 32.9 Å². The lowest BCUT2D eigenvalue weighted by Gasteiger charge is -2.24. The molecule has 120 valence electrons. The Labute approximate surface area is 137 Å². The Balaban J connectivity index is 3.11. The molecule has 0 radical (unpaired) electrons. The van der Waals surface area contributed by atoms with Crippen LogP contribution in [0.5, 0.6) is 0 Å². The molecule has 0 fully saturated rings. The van der Waals surface area contributed by atoms with E-state index in [4.69, 9.17) is 0 Å². The molecule has 0 aliphatic carbocycles. The molecule has 1 aromatic carbocycles. The monoisotopic (exact) mass is 376 g/mol. The molecule has 0 spiro atoms. The Morgan fingerprint density at radius 2 is 2.00 bits per heavy atom. The Bertz CT molecular complexity index is 561. The molecule has 6 heteroatoms. The number of sulfonamides is 1. The van der Waals surface area contributed by atoms with Crippen LogP contribution in [0.4, 0.5) is 0 Å². The lowest BCUT2D eigenvalue weighted by molar-refractivity contribution is 0.361. The summed E-state index contributed by atoms with van der Waals surface area (Å²) in [5, 5.41) is 3.06. The largest absolute Gasteiger partial charge is 0.316 e. The maximum atomic E-state index is 12.8. The van der Waals surface area contributed by atoms with Gasteiger partial charge in [0.05, 0.1) is 4.90 Å². The molecule has 1 unspecified atom stereocenters. The van der Waals surface area contributed by atoms with Crippen molar-refractivity contribution in [3.63, 3.8) is 0 Å². The van der Waals surface area contributed by atoms with E-state index in [1.54, 1.807) is 10.4 Å². The van der Waals surface area contributed by atoms with Crippen molar-refractivity contribution < 1.29 is 8.42 Å². The summed E-state index contributed by atoms with van der Waals surface area (Å²) in [7, 11) is -1.59. The molecule has 4 nitrogen and oxygen atoms in total. The van der Waals surface area contributed by atoms with Crippen molar-refractivity contribution >= 4 is 26.0 Å². The fraction of sp³-hybridized carbons (Fsp3) is 0.600. The fourth-order valence-electron chi connectivity index (χ4n) is 2.08. The Kier molecular flexibility index (Phi) is 7.33. The van der Waals surface area contributed by atoms with Gasteiger partial charge in [0.15, 0.2) is 0 Å². The topological polar surface area (TPSA) is 49.4 Å². The third-order valence-corrected chi connectivity index (χ3v) is 6.48. The number of nitrogens with zero attached hydrogens (tertiary/aromatic N) is 1. The summed E-state index contributed by atoms with van der Waals surface area (Å²) in [6.45, 7) is 7.78. The van der Waals surface area contributed by atoms with Crippen LogP contribution in [0.2, 0.25) is 0 Å². The van der Waals surface area contributed by atoms with Gasteiger partial charge in [0.25, 0.3) is 0 Å². The zero-order valence-electron chi connectivity index (χ0n) is 13.2. The first-order valence-electron chi connectivity index (χ1n) is 7.29. The molecule has 0 amide bonds. The van der Waals surface area contributed by atoms with Crippen LogP contribution in [0.15, 0.2) is 27.6 Å². The molecule has 0 bridgehead atoms. The van der Waals surface area contributed by atoms with Crippen LogP contribution in [0.25, 0.3) is 0 Å². The van der Waals surface area contributed by atoms with Crippen LogP contribution in [0.1, 0.15) is 32.8 Å². The van der Waals surface area contributed by atoms with Crippen molar-refractivity contribution in [2.75, 3.05) is 20.1 Å². The van der Waals surface area contributed by atoms with Gasteiger partial charge in [-0.1, -0.05) is 33.3 Å². The van der Waals surface area contributed by atoms with E-state index in [1.807, 2.05) is 26.1 Å². The number of rotatable bonds is 8. The summed E-state index contributed by atoms with van der Waals surface area (Å²) in [5.74, 6) is 0.349. The van der Waals surface area contributed by atoms with Crippen molar-refractivity contribution in [1.29, 1.82) is 0 Å². The summed E-state index contributed by atoms with van der Waals surface area (Å²) in [6, 6.07) is 5.40. The van der Waals surface area contributed by atoms with Gasteiger partial charge in [0, 0.05) is 24.1 Å². The van der Waals surface area contributed by atoms with Gasteiger partial charge in [0.1, 0.15) is 0 Å². The van der Waals surface area contributed by atoms with Gasteiger partial charge in [-0.05, 0) is 46.6 Å². The number of nitrogens with one attached hydrogen (secondary N) is 1.